The van der Waals surface area contributed by atoms with Gasteiger partial charge in [0.05, 0.1) is 18.3 Å². The van der Waals surface area contributed by atoms with Gasteiger partial charge in [-0.25, -0.2) is 4.98 Å². The van der Waals surface area contributed by atoms with Crippen molar-refractivity contribution in [2.45, 2.75) is 6.54 Å². The van der Waals surface area contributed by atoms with Gasteiger partial charge in [-0.3, -0.25) is 4.98 Å². The Bertz CT molecular complexity index is 756. The third-order valence-electron chi connectivity index (χ3n) is 3.29. The highest BCUT2D eigenvalue weighted by molar-refractivity contribution is 5.97. The molecule has 2 heterocycles. The first-order chi connectivity index (χ1) is 10.3. The Balaban J connectivity index is 1.83. The van der Waals surface area contributed by atoms with Gasteiger partial charge in [-0.2, -0.15) is 0 Å². The molecule has 0 radical (unpaired) electrons. The zero-order valence-electron chi connectivity index (χ0n) is 11.7. The summed E-state index contributed by atoms with van der Waals surface area (Å²) in [7, 11) is 1.60. The van der Waals surface area contributed by atoms with Crippen LogP contribution in [0, 0.1) is 0 Å². The molecule has 21 heavy (non-hydrogen) atoms. The van der Waals surface area contributed by atoms with E-state index in [1.165, 1.54) is 0 Å². The van der Waals surface area contributed by atoms with Gasteiger partial charge in [0.25, 0.3) is 0 Å². The molecule has 0 saturated heterocycles. The minimum Gasteiger partial charge on any atom is -0.481 e. The second-order valence-corrected chi connectivity index (χ2v) is 4.66. The second kappa shape index (κ2) is 5.66. The summed E-state index contributed by atoms with van der Waals surface area (Å²) in [5.74, 6) is 0.612. The molecular formula is C16H16N4O. The number of hydrogen-bond donors (Lipinski definition) is 2. The molecule has 3 aromatic rings. The molecular weight excluding hydrogens is 264 g/mol. The smallest absolute Gasteiger partial charge is 0.212 e. The number of benzene rings is 1. The highest BCUT2D eigenvalue weighted by Gasteiger charge is 2.04. The fourth-order valence-corrected chi connectivity index (χ4v) is 2.19. The number of anilines is 2. The number of fused-ring (bicyclic) bond motifs is 1. The van der Waals surface area contributed by atoms with Gasteiger partial charge >= 0.3 is 0 Å². The van der Waals surface area contributed by atoms with Crippen LogP contribution >= 0.6 is 0 Å². The van der Waals surface area contributed by atoms with E-state index in [0.717, 1.165) is 22.2 Å². The lowest BCUT2D eigenvalue weighted by Gasteiger charge is -2.10. The normalized spacial score (nSPS) is 10.5. The maximum atomic E-state index is 5.95. The van der Waals surface area contributed by atoms with E-state index >= 15 is 0 Å². The molecule has 0 saturated carbocycles. The number of pyridine rings is 2. The summed E-state index contributed by atoms with van der Waals surface area (Å²) in [6, 6.07) is 11.6. The van der Waals surface area contributed by atoms with Gasteiger partial charge in [0.15, 0.2) is 0 Å². The van der Waals surface area contributed by atoms with E-state index in [2.05, 4.69) is 15.3 Å². The fraction of sp³-hybridized carbons (Fsp3) is 0.125. The average molecular weight is 280 g/mol. The molecule has 3 N–H and O–H groups in total. The van der Waals surface area contributed by atoms with Crippen LogP contribution in [0.3, 0.4) is 0 Å². The Morgan fingerprint density at radius 3 is 2.81 bits per heavy atom. The molecule has 0 aliphatic rings. The Morgan fingerprint density at radius 2 is 2.05 bits per heavy atom. The van der Waals surface area contributed by atoms with Crippen LogP contribution in [0.1, 0.15) is 5.56 Å². The van der Waals surface area contributed by atoms with Crippen LogP contribution in [0.5, 0.6) is 5.88 Å². The number of hydrogen-bond acceptors (Lipinski definition) is 5. The van der Waals surface area contributed by atoms with Gasteiger partial charge in [0.2, 0.25) is 5.88 Å². The van der Waals surface area contributed by atoms with Crippen LogP contribution < -0.4 is 15.8 Å². The molecule has 5 heteroatoms. The summed E-state index contributed by atoms with van der Waals surface area (Å²) < 4.78 is 5.05. The first kappa shape index (κ1) is 13.2. The fourth-order valence-electron chi connectivity index (χ4n) is 2.19. The summed E-state index contributed by atoms with van der Waals surface area (Å²) >= 11 is 0. The molecule has 2 aromatic heterocycles. The summed E-state index contributed by atoms with van der Waals surface area (Å²) in [5, 5.41) is 4.41. The lowest BCUT2D eigenvalue weighted by Crippen LogP contribution is -2.01. The van der Waals surface area contributed by atoms with Crippen molar-refractivity contribution in [2.75, 3.05) is 18.2 Å². The Hall–Kier alpha value is -2.82. The van der Waals surface area contributed by atoms with Crippen LogP contribution in [0.25, 0.3) is 10.9 Å². The van der Waals surface area contributed by atoms with Crippen LogP contribution in [-0.4, -0.2) is 17.1 Å². The molecule has 0 bridgehead atoms. The zero-order valence-corrected chi connectivity index (χ0v) is 11.7. The van der Waals surface area contributed by atoms with Crippen LogP contribution in [0.4, 0.5) is 11.4 Å². The monoisotopic (exact) mass is 280 g/mol. The van der Waals surface area contributed by atoms with Crippen molar-refractivity contribution in [2.24, 2.45) is 0 Å². The van der Waals surface area contributed by atoms with E-state index in [1.54, 1.807) is 19.5 Å². The van der Waals surface area contributed by atoms with Crippen molar-refractivity contribution in [1.29, 1.82) is 0 Å². The van der Waals surface area contributed by atoms with Crippen molar-refractivity contribution in [3.63, 3.8) is 0 Å². The summed E-state index contributed by atoms with van der Waals surface area (Å²) in [4.78, 5) is 8.52. The number of nitrogen functional groups attached to an aromatic ring is 1. The van der Waals surface area contributed by atoms with Gasteiger partial charge in [-0.15, -0.1) is 0 Å². The van der Waals surface area contributed by atoms with Crippen molar-refractivity contribution in [1.82, 2.24) is 9.97 Å². The third-order valence-corrected chi connectivity index (χ3v) is 3.29. The molecule has 0 aliphatic carbocycles. The van der Waals surface area contributed by atoms with E-state index in [1.807, 2.05) is 36.4 Å². The van der Waals surface area contributed by atoms with Crippen molar-refractivity contribution >= 4 is 22.3 Å². The quantitative estimate of drug-likeness (QED) is 0.719. The number of rotatable bonds is 4. The van der Waals surface area contributed by atoms with E-state index in [0.29, 0.717) is 18.1 Å². The number of nitrogens with one attached hydrogen (secondary N) is 1. The number of para-hydroxylation sites is 1. The predicted octanol–water partition coefficient (Wildman–Crippen LogP) is 2.83. The number of aromatic nitrogens is 2. The first-order valence-corrected chi connectivity index (χ1v) is 6.64. The van der Waals surface area contributed by atoms with Crippen molar-refractivity contribution < 1.29 is 4.74 Å². The number of nitrogens with zero attached hydrogens (tertiary/aromatic N) is 2. The lowest BCUT2D eigenvalue weighted by atomic mass is 10.1. The molecule has 106 valence electrons. The average Bonchev–Trinajstić information content (AvgIpc) is 2.54. The van der Waals surface area contributed by atoms with Crippen molar-refractivity contribution in [3.8, 4) is 5.88 Å². The van der Waals surface area contributed by atoms with Gasteiger partial charge in [0, 0.05) is 36.1 Å². The highest BCUT2D eigenvalue weighted by atomic mass is 16.5. The Labute approximate surface area is 122 Å². The molecule has 0 aliphatic heterocycles. The predicted molar refractivity (Wildman–Crippen MR) is 84.3 cm³/mol. The number of ether oxygens (including phenoxy) is 1. The van der Waals surface area contributed by atoms with Gasteiger partial charge < -0.3 is 15.8 Å². The molecule has 0 unspecified atom stereocenters. The van der Waals surface area contributed by atoms with Gasteiger partial charge in [-0.1, -0.05) is 18.2 Å². The molecule has 1 aromatic carbocycles. The van der Waals surface area contributed by atoms with Crippen LogP contribution in [0.2, 0.25) is 0 Å². The van der Waals surface area contributed by atoms with Gasteiger partial charge in [0.1, 0.15) is 0 Å². The minimum absolute atomic E-state index is 0.612. The highest BCUT2D eigenvalue weighted by Crippen LogP contribution is 2.25. The van der Waals surface area contributed by atoms with Crippen LogP contribution in [0.15, 0.2) is 48.8 Å². The molecule has 5 nitrogen and oxygen atoms in total. The van der Waals surface area contributed by atoms with Crippen LogP contribution in [-0.2, 0) is 6.54 Å². The van der Waals surface area contributed by atoms with E-state index in [4.69, 9.17) is 10.5 Å². The Morgan fingerprint density at radius 1 is 1.14 bits per heavy atom. The minimum atomic E-state index is 0.612. The topological polar surface area (TPSA) is 73.1 Å². The number of nitrogens with two attached hydrogens (primary N) is 1. The van der Waals surface area contributed by atoms with E-state index in [9.17, 15) is 0 Å². The number of methoxy groups -OCH3 is 1. The summed E-state index contributed by atoms with van der Waals surface area (Å²) in [5.41, 5.74) is 9.52. The van der Waals surface area contributed by atoms with Gasteiger partial charge in [-0.05, 0) is 17.7 Å². The summed E-state index contributed by atoms with van der Waals surface area (Å²) in [6.07, 6.45) is 3.55. The first-order valence-electron chi connectivity index (χ1n) is 6.64. The molecule has 0 fully saturated rings. The lowest BCUT2D eigenvalue weighted by molar-refractivity contribution is 0.397. The van der Waals surface area contributed by atoms with E-state index in [-0.39, 0.29) is 0 Å². The largest absolute Gasteiger partial charge is 0.481 e. The third kappa shape index (κ3) is 2.72. The second-order valence-electron chi connectivity index (χ2n) is 4.66. The summed E-state index contributed by atoms with van der Waals surface area (Å²) in [6.45, 7) is 0.672. The molecule has 0 spiro atoms. The SMILES string of the molecule is COc1ccc(CNc2ccnc3c(N)cccc23)cn1. The maximum Gasteiger partial charge on any atom is 0.212 e. The molecule has 0 atom stereocenters. The van der Waals surface area contributed by atoms with Crippen molar-refractivity contribution in [3.05, 3.63) is 54.4 Å². The maximum absolute atomic E-state index is 5.95. The standard InChI is InChI=1S/C16H16N4O/c1-21-15-6-5-11(10-20-15)9-19-14-7-8-18-16-12(14)3-2-4-13(16)17/h2-8,10H,9,17H2,1H3,(H,18,19). The Kier molecular flexibility index (Phi) is 3.55. The molecule has 3 rings (SSSR count). The molecule has 0 amide bonds. The van der Waals surface area contributed by atoms with E-state index < -0.39 is 0 Å². The zero-order chi connectivity index (χ0) is 14.7.